The lowest BCUT2D eigenvalue weighted by Gasteiger charge is -2.05. The summed E-state index contributed by atoms with van der Waals surface area (Å²) in [6.07, 6.45) is 3.31. The van der Waals surface area contributed by atoms with Gasteiger partial charge in [0.25, 0.3) is 5.56 Å². The zero-order valence-corrected chi connectivity index (χ0v) is 12.3. The minimum atomic E-state index is -0.214. The summed E-state index contributed by atoms with van der Waals surface area (Å²) in [5, 5.41) is 4.55. The van der Waals surface area contributed by atoms with Crippen LogP contribution in [-0.4, -0.2) is 19.3 Å². The molecule has 5 nitrogen and oxygen atoms in total. The Morgan fingerprint density at radius 2 is 2.22 bits per heavy atom. The number of nitrogens with zero attached hydrogens (tertiary/aromatic N) is 4. The van der Waals surface area contributed by atoms with Crippen molar-refractivity contribution in [3.05, 3.63) is 44.3 Å². The second kappa shape index (κ2) is 5.24. The first-order valence-corrected chi connectivity index (χ1v) is 6.60. The van der Waals surface area contributed by atoms with Crippen molar-refractivity contribution in [2.75, 3.05) is 0 Å². The van der Waals surface area contributed by atoms with E-state index >= 15 is 0 Å². The Morgan fingerprint density at radius 1 is 1.50 bits per heavy atom. The molecule has 0 aliphatic heterocycles. The third kappa shape index (κ3) is 2.64. The lowest BCUT2D eigenvalue weighted by Crippen LogP contribution is -2.22. The minimum absolute atomic E-state index is 0.170. The van der Waals surface area contributed by atoms with E-state index < -0.39 is 0 Å². The zero-order chi connectivity index (χ0) is 13.3. The van der Waals surface area contributed by atoms with Gasteiger partial charge in [-0.15, -0.1) is 0 Å². The molecule has 0 bridgehead atoms. The van der Waals surface area contributed by atoms with E-state index in [1.807, 2.05) is 30.8 Å². The molecular formula is C11H12BrClN4O. The van der Waals surface area contributed by atoms with Gasteiger partial charge in [-0.05, 0) is 35.8 Å². The van der Waals surface area contributed by atoms with Crippen LogP contribution in [0.25, 0.3) is 0 Å². The van der Waals surface area contributed by atoms with Crippen molar-refractivity contribution in [1.82, 2.24) is 19.3 Å². The monoisotopic (exact) mass is 330 g/mol. The second-order valence-corrected chi connectivity index (χ2v) is 5.31. The number of rotatable bonds is 3. The van der Waals surface area contributed by atoms with Gasteiger partial charge in [-0.2, -0.15) is 5.10 Å². The van der Waals surface area contributed by atoms with E-state index in [2.05, 4.69) is 26.0 Å². The van der Waals surface area contributed by atoms with E-state index in [0.717, 1.165) is 5.69 Å². The quantitative estimate of drug-likeness (QED) is 0.812. The van der Waals surface area contributed by atoms with E-state index in [0.29, 0.717) is 12.6 Å². The van der Waals surface area contributed by atoms with Crippen molar-refractivity contribution in [2.24, 2.45) is 0 Å². The highest BCUT2D eigenvalue weighted by Gasteiger charge is 2.09. The summed E-state index contributed by atoms with van der Waals surface area (Å²) in [6.45, 7) is 4.47. The highest BCUT2D eigenvalue weighted by Crippen LogP contribution is 2.14. The van der Waals surface area contributed by atoms with Gasteiger partial charge in [0.2, 0.25) is 0 Å². The van der Waals surface area contributed by atoms with Crippen LogP contribution >= 0.6 is 27.5 Å². The van der Waals surface area contributed by atoms with Gasteiger partial charge in [-0.1, -0.05) is 11.6 Å². The third-order valence-corrected chi connectivity index (χ3v) is 3.69. The van der Waals surface area contributed by atoms with E-state index in [9.17, 15) is 4.79 Å². The van der Waals surface area contributed by atoms with Crippen LogP contribution in [0, 0.1) is 0 Å². The number of halogens is 2. The fraction of sp³-hybridized carbons (Fsp3) is 0.364. The maximum Gasteiger partial charge on any atom is 0.269 e. The highest BCUT2D eigenvalue weighted by atomic mass is 79.9. The lowest BCUT2D eigenvalue weighted by atomic mass is 10.4. The molecule has 0 atom stereocenters. The molecule has 7 heteroatoms. The average Bonchev–Trinajstić information content (AvgIpc) is 2.79. The molecule has 0 amide bonds. The molecule has 2 aromatic heterocycles. The summed E-state index contributed by atoms with van der Waals surface area (Å²) < 4.78 is 3.58. The molecular weight excluding hydrogens is 320 g/mol. The summed E-state index contributed by atoms with van der Waals surface area (Å²) in [6, 6.07) is 2.18. The predicted octanol–water partition coefficient (Wildman–Crippen LogP) is 2.48. The van der Waals surface area contributed by atoms with Crippen LogP contribution in [0.4, 0.5) is 0 Å². The SMILES string of the molecule is CC(C)n1ccc(Cn2cnc(Cl)c(Br)c2=O)n1. The van der Waals surface area contributed by atoms with Gasteiger partial charge >= 0.3 is 0 Å². The maximum absolute atomic E-state index is 11.9. The molecule has 0 aromatic carbocycles. The molecule has 0 unspecified atom stereocenters. The number of aromatic nitrogens is 4. The first-order chi connectivity index (χ1) is 8.49. The first kappa shape index (κ1) is 13.3. The minimum Gasteiger partial charge on any atom is -0.292 e. The van der Waals surface area contributed by atoms with Crippen molar-refractivity contribution in [3.8, 4) is 0 Å². The molecule has 0 spiro atoms. The molecule has 0 saturated heterocycles. The normalized spacial score (nSPS) is 11.2. The van der Waals surface area contributed by atoms with Crippen LogP contribution in [0.5, 0.6) is 0 Å². The Hall–Kier alpha value is -1.14. The topological polar surface area (TPSA) is 52.7 Å². The summed E-state index contributed by atoms with van der Waals surface area (Å²) in [7, 11) is 0. The van der Waals surface area contributed by atoms with Crippen molar-refractivity contribution >= 4 is 27.5 Å². The maximum atomic E-state index is 11.9. The Labute approximate surface area is 118 Å². The summed E-state index contributed by atoms with van der Waals surface area (Å²) in [4.78, 5) is 15.8. The Kier molecular flexibility index (Phi) is 3.87. The smallest absolute Gasteiger partial charge is 0.269 e. The molecule has 2 heterocycles. The molecule has 0 N–H and O–H groups in total. The van der Waals surface area contributed by atoms with E-state index in [4.69, 9.17) is 11.6 Å². The van der Waals surface area contributed by atoms with Gasteiger partial charge in [-0.3, -0.25) is 14.0 Å². The molecule has 0 saturated carbocycles. The average molecular weight is 332 g/mol. The number of hydrogen-bond donors (Lipinski definition) is 0. The Morgan fingerprint density at radius 3 is 2.83 bits per heavy atom. The molecule has 2 rings (SSSR count). The van der Waals surface area contributed by atoms with Crippen LogP contribution in [0.3, 0.4) is 0 Å². The van der Waals surface area contributed by atoms with E-state index in [1.165, 1.54) is 10.9 Å². The molecule has 0 aliphatic rings. The molecule has 0 radical (unpaired) electrons. The van der Waals surface area contributed by atoms with Gasteiger partial charge in [0, 0.05) is 12.2 Å². The largest absolute Gasteiger partial charge is 0.292 e. The number of hydrogen-bond acceptors (Lipinski definition) is 3. The van der Waals surface area contributed by atoms with Crippen molar-refractivity contribution < 1.29 is 0 Å². The van der Waals surface area contributed by atoms with Gasteiger partial charge in [-0.25, -0.2) is 4.98 Å². The third-order valence-electron chi connectivity index (χ3n) is 2.47. The highest BCUT2D eigenvalue weighted by molar-refractivity contribution is 9.10. The summed E-state index contributed by atoms with van der Waals surface area (Å²) in [5.41, 5.74) is 0.593. The molecule has 0 fully saturated rings. The fourth-order valence-corrected chi connectivity index (χ4v) is 1.93. The van der Waals surface area contributed by atoms with Crippen LogP contribution < -0.4 is 5.56 Å². The molecule has 96 valence electrons. The fourth-order valence-electron chi connectivity index (χ4n) is 1.48. The molecule has 2 aromatic rings. The van der Waals surface area contributed by atoms with Gasteiger partial charge in [0.1, 0.15) is 4.47 Å². The van der Waals surface area contributed by atoms with Crippen LogP contribution in [0.2, 0.25) is 5.15 Å². The van der Waals surface area contributed by atoms with Crippen LogP contribution in [0.15, 0.2) is 27.9 Å². The summed E-state index contributed by atoms with van der Waals surface area (Å²) in [5.74, 6) is 0. The predicted molar refractivity (Wildman–Crippen MR) is 72.9 cm³/mol. The van der Waals surface area contributed by atoms with Gasteiger partial charge < -0.3 is 0 Å². The molecule has 18 heavy (non-hydrogen) atoms. The van der Waals surface area contributed by atoms with Crippen molar-refractivity contribution in [1.29, 1.82) is 0 Å². The zero-order valence-electron chi connectivity index (χ0n) is 9.97. The first-order valence-electron chi connectivity index (χ1n) is 5.43. The standard InChI is InChI=1S/C11H12BrClN4O/c1-7(2)17-4-3-8(15-17)5-16-6-14-10(13)9(12)11(16)18/h3-4,6-7H,5H2,1-2H3. The van der Waals surface area contributed by atoms with Crippen molar-refractivity contribution in [3.63, 3.8) is 0 Å². The summed E-state index contributed by atoms with van der Waals surface area (Å²) >= 11 is 8.86. The van der Waals surface area contributed by atoms with E-state index in [1.54, 1.807) is 0 Å². The van der Waals surface area contributed by atoms with Crippen LogP contribution in [0.1, 0.15) is 25.6 Å². The van der Waals surface area contributed by atoms with Gasteiger partial charge in [0.15, 0.2) is 5.15 Å². The Balaban J connectivity index is 2.29. The second-order valence-electron chi connectivity index (χ2n) is 4.16. The molecule has 0 aliphatic carbocycles. The Bertz CT molecular complexity index is 620. The van der Waals surface area contributed by atoms with Crippen molar-refractivity contribution in [2.45, 2.75) is 26.4 Å². The van der Waals surface area contributed by atoms with E-state index in [-0.39, 0.29) is 15.2 Å². The lowest BCUT2D eigenvalue weighted by molar-refractivity contribution is 0.522. The van der Waals surface area contributed by atoms with Gasteiger partial charge in [0.05, 0.1) is 18.6 Å². The van der Waals surface area contributed by atoms with Crippen LogP contribution in [-0.2, 0) is 6.54 Å².